The number of pyridine rings is 1. The van der Waals surface area contributed by atoms with E-state index in [1.807, 2.05) is 0 Å². The second-order valence-electron chi connectivity index (χ2n) is 4.30. The van der Waals surface area contributed by atoms with Crippen LogP contribution in [0.25, 0.3) is 0 Å². The largest absolute Gasteiger partial charge is 0.326 e. The lowest BCUT2D eigenvalue weighted by molar-refractivity contribution is -0.115. The molecule has 5 nitrogen and oxygen atoms in total. The molecular formula is C15H14ClN3O2. The van der Waals surface area contributed by atoms with Crippen molar-refractivity contribution in [3.8, 4) is 0 Å². The molecule has 0 spiro atoms. The number of carbonyl (C=O) groups excluding carboxylic acids is 2. The Labute approximate surface area is 127 Å². The van der Waals surface area contributed by atoms with Crippen LogP contribution < -0.4 is 10.6 Å². The average Bonchev–Trinajstić information content (AvgIpc) is 2.47. The number of anilines is 2. The van der Waals surface area contributed by atoms with Crippen molar-refractivity contribution in [3.05, 3.63) is 53.3 Å². The molecule has 6 heteroatoms. The van der Waals surface area contributed by atoms with Crippen molar-refractivity contribution in [2.24, 2.45) is 0 Å². The van der Waals surface area contributed by atoms with Crippen molar-refractivity contribution in [2.75, 3.05) is 10.6 Å². The van der Waals surface area contributed by atoms with E-state index in [0.717, 1.165) is 0 Å². The van der Waals surface area contributed by atoms with Crippen molar-refractivity contribution >= 4 is 34.8 Å². The maximum Gasteiger partial charge on any atom is 0.274 e. The van der Waals surface area contributed by atoms with E-state index in [0.29, 0.717) is 22.8 Å². The summed E-state index contributed by atoms with van der Waals surface area (Å²) in [6.07, 6.45) is 1.86. The number of hydrogen-bond acceptors (Lipinski definition) is 3. The minimum absolute atomic E-state index is 0.0880. The molecule has 108 valence electrons. The van der Waals surface area contributed by atoms with Gasteiger partial charge < -0.3 is 10.6 Å². The van der Waals surface area contributed by atoms with E-state index >= 15 is 0 Å². The Hall–Kier alpha value is -2.40. The van der Waals surface area contributed by atoms with Crippen LogP contribution in [0, 0.1) is 0 Å². The number of amides is 2. The van der Waals surface area contributed by atoms with Gasteiger partial charge in [0, 0.05) is 29.0 Å². The van der Waals surface area contributed by atoms with E-state index in [-0.39, 0.29) is 17.5 Å². The van der Waals surface area contributed by atoms with Crippen LogP contribution in [-0.4, -0.2) is 16.8 Å². The molecule has 0 bridgehead atoms. The van der Waals surface area contributed by atoms with Crippen molar-refractivity contribution in [2.45, 2.75) is 13.3 Å². The van der Waals surface area contributed by atoms with Crippen LogP contribution in [0.1, 0.15) is 23.8 Å². The fourth-order valence-electron chi connectivity index (χ4n) is 1.65. The number of hydrogen-bond donors (Lipinski definition) is 2. The zero-order valence-corrected chi connectivity index (χ0v) is 12.1. The Balaban J connectivity index is 2.11. The molecule has 0 saturated heterocycles. The van der Waals surface area contributed by atoms with E-state index in [1.54, 1.807) is 37.3 Å². The topological polar surface area (TPSA) is 71.1 Å². The van der Waals surface area contributed by atoms with Crippen molar-refractivity contribution in [3.63, 3.8) is 0 Å². The maximum atomic E-state index is 12.0. The molecule has 2 rings (SSSR count). The second kappa shape index (κ2) is 6.85. The molecule has 1 heterocycles. The van der Waals surface area contributed by atoms with Gasteiger partial charge in [0.25, 0.3) is 5.91 Å². The van der Waals surface area contributed by atoms with Crippen molar-refractivity contribution < 1.29 is 9.59 Å². The Kier molecular flexibility index (Phi) is 4.90. The van der Waals surface area contributed by atoms with E-state index in [1.165, 1.54) is 12.3 Å². The standard InChI is InChI=1S/C15H14ClN3O2/c1-2-14(20)18-11-4-3-5-12(9-11)19-15(21)13-8-10(16)6-7-17-13/h3-9H,2H2,1H3,(H,18,20)(H,19,21). The average molecular weight is 304 g/mol. The Morgan fingerprint density at radius 1 is 1.14 bits per heavy atom. The molecule has 0 fully saturated rings. The molecule has 0 aliphatic carbocycles. The lowest BCUT2D eigenvalue weighted by atomic mass is 10.2. The highest BCUT2D eigenvalue weighted by atomic mass is 35.5. The number of nitrogens with one attached hydrogen (secondary N) is 2. The number of aromatic nitrogens is 1. The number of halogens is 1. The molecule has 1 aromatic carbocycles. The highest BCUT2D eigenvalue weighted by Gasteiger charge is 2.08. The Morgan fingerprint density at radius 3 is 2.52 bits per heavy atom. The zero-order chi connectivity index (χ0) is 15.2. The molecular weight excluding hydrogens is 290 g/mol. The maximum absolute atomic E-state index is 12.0. The van der Waals surface area contributed by atoms with Gasteiger partial charge in [0.15, 0.2) is 0 Å². The Bertz CT molecular complexity index is 673. The van der Waals surface area contributed by atoms with E-state index in [2.05, 4.69) is 15.6 Å². The van der Waals surface area contributed by atoms with Gasteiger partial charge in [-0.2, -0.15) is 0 Å². The summed E-state index contributed by atoms with van der Waals surface area (Å²) in [7, 11) is 0. The van der Waals surface area contributed by atoms with Gasteiger partial charge in [-0.25, -0.2) is 0 Å². The third-order valence-corrected chi connectivity index (χ3v) is 2.92. The summed E-state index contributed by atoms with van der Waals surface area (Å²) in [6, 6.07) is 9.98. The van der Waals surface area contributed by atoms with Crippen LogP contribution in [0.15, 0.2) is 42.6 Å². The van der Waals surface area contributed by atoms with Crippen LogP contribution in [0.2, 0.25) is 5.02 Å². The summed E-state index contributed by atoms with van der Waals surface area (Å²) in [5.41, 5.74) is 1.42. The lowest BCUT2D eigenvalue weighted by Gasteiger charge is -2.08. The van der Waals surface area contributed by atoms with Gasteiger partial charge in [0.2, 0.25) is 5.91 Å². The summed E-state index contributed by atoms with van der Waals surface area (Å²) in [5, 5.41) is 5.88. The fourth-order valence-corrected chi connectivity index (χ4v) is 1.81. The third-order valence-electron chi connectivity index (χ3n) is 2.68. The molecule has 2 amide bonds. The molecule has 2 aromatic rings. The number of rotatable bonds is 4. The quantitative estimate of drug-likeness (QED) is 0.910. The van der Waals surface area contributed by atoms with E-state index in [9.17, 15) is 9.59 Å². The molecule has 0 aliphatic heterocycles. The minimum Gasteiger partial charge on any atom is -0.326 e. The first kappa shape index (κ1) is 15.0. The molecule has 0 aliphatic rings. The van der Waals surface area contributed by atoms with E-state index < -0.39 is 0 Å². The molecule has 21 heavy (non-hydrogen) atoms. The SMILES string of the molecule is CCC(=O)Nc1cccc(NC(=O)c2cc(Cl)ccn2)c1. The molecule has 0 radical (unpaired) electrons. The minimum atomic E-state index is -0.364. The van der Waals surface area contributed by atoms with Crippen LogP contribution in [0.5, 0.6) is 0 Å². The predicted molar refractivity (Wildman–Crippen MR) is 82.6 cm³/mol. The van der Waals surface area contributed by atoms with Gasteiger partial charge in [-0.05, 0) is 30.3 Å². The smallest absolute Gasteiger partial charge is 0.274 e. The van der Waals surface area contributed by atoms with Crippen LogP contribution in [0.4, 0.5) is 11.4 Å². The molecule has 0 saturated carbocycles. The molecule has 1 aromatic heterocycles. The first-order valence-corrected chi connectivity index (χ1v) is 6.79. The summed E-state index contributed by atoms with van der Waals surface area (Å²) in [6.45, 7) is 1.77. The van der Waals surface area contributed by atoms with Gasteiger partial charge in [0.1, 0.15) is 5.69 Å². The molecule has 2 N–H and O–H groups in total. The second-order valence-corrected chi connectivity index (χ2v) is 4.73. The summed E-state index contributed by atoms with van der Waals surface area (Å²) < 4.78 is 0. The van der Waals surface area contributed by atoms with Gasteiger partial charge >= 0.3 is 0 Å². The Morgan fingerprint density at radius 2 is 1.86 bits per heavy atom. The fraction of sp³-hybridized carbons (Fsp3) is 0.133. The van der Waals surface area contributed by atoms with Crippen LogP contribution >= 0.6 is 11.6 Å². The summed E-state index contributed by atoms with van der Waals surface area (Å²) >= 11 is 5.82. The van der Waals surface area contributed by atoms with Gasteiger partial charge in [-0.3, -0.25) is 14.6 Å². The van der Waals surface area contributed by atoms with Crippen molar-refractivity contribution in [1.29, 1.82) is 0 Å². The normalized spacial score (nSPS) is 10.0. The van der Waals surface area contributed by atoms with Crippen LogP contribution in [-0.2, 0) is 4.79 Å². The van der Waals surface area contributed by atoms with Crippen molar-refractivity contribution in [1.82, 2.24) is 4.98 Å². The zero-order valence-electron chi connectivity index (χ0n) is 11.4. The van der Waals surface area contributed by atoms with Gasteiger partial charge in [-0.1, -0.05) is 24.6 Å². The molecule has 0 atom stereocenters. The van der Waals surface area contributed by atoms with Gasteiger partial charge in [-0.15, -0.1) is 0 Å². The highest BCUT2D eigenvalue weighted by Crippen LogP contribution is 2.16. The third kappa shape index (κ3) is 4.29. The van der Waals surface area contributed by atoms with E-state index in [4.69, 9.17) is 11.6 Å². The van der Waals surface area contributed by atoms with Crippen LogP contribution in [0.3, 0.4) is 0 Å². The predicted octanol–water partition coefficient (Wildman–Crippen LogP) is 3.34. The monoisotopic (exact) mass is 303 g/mol. The number of nitrogens with zero attached hydrogens (tertiary/aromatic N) is 1. The summed E-state index contributed by atoms with van der Waals surface area (Å²) in [4.78, 5) is 27.3. The van der Waals surface area contributed by atoms with Gasteiger partial charge in [0.05, 0.1) is 0 Å². The lowest BCUT2D eigenvalue weighted by Crippen LogP contribution is -2.14. The first-order chi connectivity index (χ1) is 10.1. The molecule has 0 unspecified atom stereocenters. The highest BCUT2D eigenvalue weighted by molar-refractivity contribution is 6.30. The number of carbonyl (C=O) groups is 2. The summed E-state index contributed by atoms with van der Waals surface area (Å²) in [5.74, 6) is -0.452. The number of benzene rings is 1. The first-order valence-electron chi connectivity index (χ1n) is 6.41.